The number of halogens is 2. The standard InChI is InChI=1S/C12H12Cl2N2O2/c1-6-4-3-5-7(2)10(6)16-12(18)9(14)8(13)11(15)17/h3-5H,1-2H3,(H2,15,17)(H,16,18)/b9-8-. The van der Waals surface area contributed by atoms with Gasteiger partial charge in [0.05, 0.1) is 0 Å². The summed E-state index contributed by atoms with van der Waals surface area (Å²) in [5.74, 6) is -1.61. The highest BCUT2D eigenvalue weighted by atomic mass is 35.5. The van der Waals surface area contributed by atoms with Crippen molar-refractivity contribution in [3.63, 3.8) is 0 Å². The number of amides is 2. The number of para-hydroxylation sites is 1. The second kappa shape index (κ2) is 5.89. The molecule has 1 aromatic carbocycles. The van der Waals surface area contributed by atoms with Gasteiger partial charge in [-0.3, -0.25) is 9.59 Å². The molecule has 0 aliphatic carbocycles. The molecule has 2 amide bonds. The molecule has 0 heterocycles. The number of nitrogens with one attached hydrogen (secondary N) is 1. The van der Waals surface area contributed by atoms with Crippen molar-refractivity contribution in [3.05, 3.63) is 39.4 Å². The van der Waals surface area contributed by atoms with E-state index in [1.54, 1.807) is 0 Å². The highest BCUT2D eigenvalue weighted by molar-refractivity contribution is 6.54. The zero-order valence-corrected chi connectivity index (χ0v) is 11.4. The molecule has 0 radical (unpaired) electrons. The Bertz CT molecular complexity index is 519. The average Bonchev–Trinajstić information content (AvgIpc) is 2.31. The van der Waals surface area contributed by atoms with Gasteiger partial charge in [0.1, 0.15) is 10.1 Å². The van der Waals surface area contributed by atoms with Crippen LogP contribution in [0.1, 0.15) is 11.1 Å². The number of aryl methyl sites for hydroxylation is 2. The maximum absolute atomic E-state index is 11.8. The summed E-state index contributed by atoms with van der Waals surface area (Å²) in [5, 5.41) is 1.68. The fraction of sp³-hybridized carbons (Fsp3) is 0.167. The number of anilines is 1. The SMILES string of the molecule is Cc1cccc(C)c1NC(=O)/C(Cl)=C(/Cl)C(N)=O. The molecule has 0 saturated carbocycles. The van der Waals surface area contributed by atoms with Gasteiger partial charge in [-0.1, -0.05) is 41.4 Å². The first-order valence-corrected chi connectivity index (χ1v) is 5.82. The topological polar surface area (TPSA) is 72.2 Å². The molecule has 3 N–H and O–H groups in total. The minimum Gasteiger partial charge on any atom is -0.365 e. The Hall–Kier alpha value is -1.52. The predicted molar refractivity (Wildman–Crippen MR) is 72.5 cm³/mol. The van der Waals surface area contributed by atoms with Gasteiger partial charge in [-0.15, -0.1) is 0 Å². The van der Waals surface area contributed by atoms with Crippen LogP contribution in [0.5, 0.6) is 0 Å². The van der Waals surface area contributed by atoms with Crippen LogP contribution in [0.4, 0.5) is 5.69 Å². The van der Waals surface area contributed by atoms with Crippen molar-refractivity contribution in [3.8, 4) is 0 Å². The molecule has 0 atom stereocenters. The number of carbonyl (C=O) groups excluding carboxylic acids is 2. The van der Waals surface area contributed by atoms with Gasteiger partial charge in [-0.25, -0.2) is 0 Å². The minimum atomic E-state index is -0.946. The van der Waals surface area contributed by atoms with Crippen molar-refractivity contribution in [1.29, 1.82) is 0 Å². The van der Waals surface area contributed by atoms with E-state index in [-0.39, 0.29) is 0 Å². The molecule has 0 spiro atoms. The van der Waals surface area contributed by atoms with Gasteiger partial charge in [0.15, 0.2) is 0 Å². The lowest BCUT2D eigenvalue weighted by molar-refractivity contribution is -0.115. The highest BCUT2D eigenvalue weighted by Crippen LogP contribution is 2.22. The Kier molecular flexibility index (Phi) is 4.76. The smallest absolute Gasteiger partial charge is 0.268 e. The van der Waals surface area contributed by atoms with Crippen LogP contribution in [0.3, 0.4) is 0 Å². The maximum Gasteiger partial charge on any atom is 0.268 e. The van der Waals surface area contributed by atoms with E-state index in [9.17, 15) is 9.59 Å². The maximum atomic E-state index is 11.8. The number of rotatable bonds is 3. The van der Waals surface area contributed by atoms with E-state index in [0.717, 1.165) is 11.1 Å². The van der Waals surface area contributed by atoms with Gasteiger partial charge in [0.2, 0.25) is 0 Å². The summed E-state index contributed by atoms with van der Waals surface area (Å²) < 4.78 is 0. The van der Waals surface area contributed by atoms with Crippen molar-refractivity contribution in [2.75, 3.05) is 5.32 Å². The molecule has 4 nitrogen and oxygen atoms in total. The van der Waals surface area contributed by atoms with Gasteiger partial charge in [-0.2, -0.15) is 0 Å². The van der Waals surface area contributed by atoms with Gasteiger partial charge in [0.25, 0.3) is 11.8 Å². The normalized spacial score (nSPS) is 11.8. The van der Waals surface area contributed by atoms with Gasteiger partial charge < -0.3 is 11.1 Å². The fourth-order valence-corrected chi connectivity index (χ4v) is 1.61. The zero-order chi connectivity index (χ0) is 13.9. The first-order chi connectivity index (χ1) is 8.34. The molecular formula is C12H12Cl2N2O2. The molecule has 6 heteroatoms. The monoisotopic (exact) mass is 286 g/mol. The van der Waals surface area contributed by atoms with Crippen LogP contribution in [-0.2, 0) is 9.59 Å². The van der Waals surface area contributed by atoms with E-state index in [1.165, 1.54) is 0 Å². The van der Waals surface area contributed by atoms with Gasteiger partial charge in [0, 0.05) is 5.69 Å². The van der Waals surface area contributed by atoms with E-state index < -0.39 is 21.9 Å². The molecule has 0 aliphatic heterocycles. The third-order valence-corrected chi connectivity index (χ3v) is 3.16. The highest BCUT2D eigenvalue weighted by Gasteiger charge is 2.17. The van der Waals surface area contributed by atoms with Crippen LogP contribution in [0.15, 0.2) is 28.3 Å². The van der Waals surface area contributed by atoms with Crippen LogP contribution in [0, 0.1) is 13.8 Å². The molecule has 0 aromatic heterocycles. The lowest BCUT2D eigenvalue weighted by Gasteiger charge is -2.11. The molecular weight excluding hydrogens is 275 g/mol. The Morgan fingerprint density at radius 1 is 1.11 bits per heavy atom. The summed E-state index contributed by atoms with van der Waals surface area (Å²) in [5.41, 5.74) is 7.32. The number of carbonyl (C=O) groups is 2. The molecule has 96 valence electrons. The first-order valence-electron chi connectivity index (χ1n) is 5.07. The molecule has 1 aromatic rings. The summed E-state index contributed by atoms with van der Waals surface area (Å²) in [6.07, 6.45) is 0. The minimum absolute atomic E-state index is 0.424. The van der Waals surface area contributed by atoms with E-state index in [4.69, 9.17) is 28.9 Å². The van der Waals surface area contributed by atoms with Gasteiger partial charge in [-0.05, 0) is 25.0 Å². The summed E-state index contributed by atoms with van der Waals surface area (Å²) in [4.78, 5) is 22.6. The summed E-state index contributed by atoms with van der Waals surface area (Å²) in [6.45, 7) is 3.69. The fourth-order valence-electron chi connectivity index (χ4n) is 1.39. The Labute approximate surface area is 115 Å². The third-order valence-electron chi connectivity index (χ3n) is 2.33. The van der Waals surface area contributed by atoms with Crippen LogP contribution in [-0.4, -0.2) is 11.8 Å². The van der Waals surface area contributed by atoms with E-state index in [2.05, 4.69) is 5.32 Å². The molecule has 0 aliphatic rings. The molecule has 0 bridgehead atoms. The number of hydrogen-bond acceptors (Lipinski definition) is 2. The summed E-state index contributed by atoms with van der Waals surface area (Å²) in [7, 11) is 0. The van der Waals surface area contributed by atoms with Crippen molar-refractivity contribution >= 4 is 40.7 Å². The Morgan fingerprint density at radius 3 is 2.06 bits per heavy atom. The predicted octanol–water partition coefficient (Wildman–Crippen LogP) is 2.42. The van der Waals surface area contributed by atoms with Crippen molar-refractivity contribution in [1.82, 2.24) is 0 Å². The van der Waals surface area contributed by atoms with E-state index >= 15 is 0 Å². The van der Waals surface area contributed by atoms with Crippen LogP contribution in [0.25, 0.3) is 0 Å². The number of benzene rings is 1. The Balaban J connectivity index is 3.03. The van der Waals surface area contributed by atoms with Crippen LogP contribution < -0.4 is 11.1 Å². The number of primary amides is 1. The molecule has 1 rings (SSSR count). The quantitative estimate of drug-likeness (QED) is 0.838. The second-order valence-electron chi connectivity index (χ2n) is 3.71. The number of hydrogen-bond donors (Lipinski definition) is 2. The van der Waals surface area contributed by atoms with Crippen molar-refractivity contribution in [2.45, 2.75) is 13.8 Å². The lowest BCUT2D eigenvalue weighted by Crippen LogP contribution is -2.18. The van der Waals surface area contributed by atoms with E-state index in [0.29, 0.717) is 5.69 Å². The summed E-state index contributed by atoms with van der Waals surface area (Å²) >= 11 is 11.2. The lowest BCUT2D eigenvalue weighted by atomic mass is 10.1. The largest absolute Gasteiger partial charge is 0.365 e. The summed E-state index contributed by atoms with van der Waals surface area (Å²) in [6, 6.07) is 5.56. The Morgan fingerprint density at radius 2 is 1.61 bits per heavy atom. The number of nitrogens with two attached hydrogens (primary N) is 1. The molecule has 0 unspecified atom stereocenters. The average molecular weight is 287 g/mol. The van der Waals surface area contributed by atoms with Crippen LogP contribution >= 0.6 is 23.2 Å². The van der Waals surface area contributed by atoms with Crippen molar-refractivity contribution in [2.24, 2.45) is 5.73 Å². The van der Waals surface area contributed by atoms with Crippen molar-refractivity contribution < 1.29 is 9.59 Å². The second-order valence-corrected chi connectivity index (χ2v) is 4.47. The molecule has 18 heavy (non-hydrogen) atoms. The first kappa shape index (κ1) is 14.5. The third kappa shape index (κ3) is 3.24. The van der Waals surface area contributed by atoms with Gasteiger partial charge >= 0.3 is 0 Å². The van der Waals surface area contributed by atoms with E-state index in [1.807, 2.05) is 32.0 Å². The zero-order valence-electron chi connectivity index (χ0n) is 9.88. The van der Waals surface area contributed by atoms with Crippen LogP contribution in [0.2, 0.25) is 0 Å². The molecule has 0 fully saturated rings. The molecule has 0 saturated heterocycles.